The topological polar surface area (TPSA) is 78.9 Å². The van der Waals surface area contributed by atoms with Crippen molar-refractivity contribution in [3.8, 4) is 0 Å². The molecule has 6 nitrogen and oxygen atoms in total. The molecule has 0 amide bonds. The second-order valence-electron chi connectivity index (χ2n) is 16.0. The van der Waals surface area contributed by atoms with Gasteiger partial charge >= 0.3 is 17.9 Å². The summed E-state index contributed by atoms with van der Waals surface area (Å²) in [5, 5.41) is 0. The van der Waals surface area contributed by atoms with Gasteiger partial charge in [-0.1, -0.05) is 208 Å². The fourth-order valence-electron chi connectivity index (χ4n) is 6.47. The van der Waals surface area contributed by atoms with Crippen molar-refractivity contribution in [2.24, 2.45) is 0 Å². The van der Waals surface area contributed by atoms with Gasteiger partial charge in [-0.25, -0.2) is 0 Å². The maximum Gasteiger partial charge on any atom is 0.306 e. The molecule has 0 rings (SSSR count). The summed E-state index contributed by atoms with van der Waals surface area (Å²) in [6, 6.07) is 0. The van der Waals surface area contributed by atoms with Crippen molar-refractivity contribution in [3.05, 3.63) is 97.2 Å². The zero-order chi connectivity index (χ0) is 44.4. The average molecular weight is 847 g/mol. The van der Waals surface area contributed by atoms with Crippen LogP contribution in [0.5, 0.6) is 0 Å². The summed E-state index contributed by atoms with van der Waals surface area (Å²) in [5.41, 5.74) is 0. The quantitative estimate of drug-likeness (QED) is 0.0200. The lowest BCUT2D eigenvalue weighted by Crippen LogP contribution is -2.30. The van der Waals surface area contributed by atoms with E-state index in [0.717, 1.165) is 116 Å². The molecule has 0 heterocycles. The molecule has 6 heteroatoms. The van der Waals surface area contributed by atoms with Crippen LogP contribution >= 0.6 is 0 Å². The molecule has 0 radical (unpaired) electrons. The molecule has 0 aliphatic heterocycles. The van der Waals surface area contributed by atoms with Crippen LogP contribution < -0.4 is 0 Å². The summed E-state index contributed by atoms with van der Waals surface area (Å²) in [5.74, 6) is -0.947. The minimum Gasteiger partial charge on any atom is -0.462 e. The van der Waals surface area contributed by atoms with Gasteiger partial charge in [0.05, 0.1) is 0 Å². The van der Waals surface area contributed by atoms with Crippen molar-refractivity contribution in [3.63, 3.8) is 0 Å². The third kappa shape index (κ3) is 47.2. The van der Waals surface area contributed by atoms with E-state index in [1.165, 1.54) is 57.8 Å². The molecule has 0 aromatic carbocycles. The first-order valence-electron chi connectivity index (χ1n) is 24.8. The predicted molar refractivity (Wildman–Crippen MR) is 260 cm³/mol. The van der Waals surface area contributed by atoms with Crippen LogP contribution in [0.4, 0.5) is 0 Å². The van der Waals surface area contributed by atoms with E-state index in [0.29, 0.717) is 19.3 Å². The Hall–Kier alpha value is -3.67. The first-order chi connectivity index (χ1) is 30.0. The molecule has 0 spiro atoms. The Morgan fingerprint density at radius 1 is 0.361 bits per heavy atom. The summed E-state index contributed by atoms with van der Waals surface area (Å²) in [4.78, 5) is 37.8. The van der Waals surface area contributed by atoms with Gasteiger partial charge in [-0.15, -0.1) is 0 Å². The second kappa shape index (κ2) is 49.0. The first kappa shape index (κ1) is 57.3. The standard InChI is InChI=1S/C55H90O6/c1-4-7-10-13-16-19-21-23-25-26-27-28-30-31-33-36-39-42-45-48-54(57)60-51-52(50-59-53(56)47-44-41-38-35-18-15-12-9-6-3)61-55(58)49-46-43-40-37-34-32-29-24-22-20-17-14-11-8-5-2/h7-8,10-11,14,16-17,19-20,22-23,25,27-28,31,33,52H,4-6,9,12-13,15,18,21,24,26,29-30,32,34-51H2,1-3H3/b10-7-,11-8-,17-14-,19-16-,22-20-,25-23-,28-27-,33-31-. The largest absolute Gasteiger partial charge is 0.462 e. The van der Waals surface area contributed by atoms with Crippen LogP contribution in [0.2, 0.25) is 0 Å². The van der Waals surface area contributed by atoms with Gasteiger partial charge in [-0.05, 0) is 83.5 Å². The highest BCUT2D eigenvalue weighted by Gasteiger charge is 2.19. The minimum absolute atomic E-state index is 0.0933. The molecular weight excluding hydrogens is 757 g/mol. The number of carbonyl (C=O) groups excluding carboxylic acids is 3. The molecular formula is C55H90O6. The van der Waals surface area contributed by atoms with E-state index in [4.69, 9.17) is 14.2 Å². The number of esters is 3. The molecule has 0 saturated carbocycles. The Balaban J connectivity index is 4.42. The van der Waals surface area contributed by atoms with Gasteiger partial charge in [0, 0.05) is 19.3 Å². The molecule has 0 aliphatic rings. The van der Waals surface area contributed by atoms with Gasteiger partial charge in [-0.3, -0.25) is 14.4 Å². The van der Waals surface area contributed by atoms with Gasteiger partial charge < -0.3 is 14.2 Å². The molecule has 1 atom stereocenters. The third-order valence-corrected chi connectivity index (χ3v) is 10.1. The minimum atomic E-state index is -0.795. The number of rotatable bonds is 43. The Kier molecular flexibility index (Phi) is 46.0. The normalized spacial score (nSPS) is 12.9. The van der Waals surface area contributed by atoms with E-state index in [-0.39, 0.29) is 31.1 Å². The Morgan fingerprint density at radius 2 is 0.721 bits per heavy atom. The number of ether oxygens (including phenoxy) is 3. The Bertz CT molecular complexity index is 1250. The Morgan fingerprint density at radius 3 is 1.20 bits per heavy atom. The summed E-state index contributed by atoms with van der Waals surface area (Å²) in [6.07, 6.45) is 63.9. The van der Waals surface area contributed by atoms with Crippen molar-refractivity contribution >= 4 is 17.9 Å². The van der Waals surface area contributed by atoms with Gasteiger partial charge in [-0.2, -0.15) is 0 Å². The lowest BCUT2D eigenvalue weighted by Gasteiger charge is -2.18. The van der Waals surface area contributed by atoms with E-state index in [9.17, 15) is 14.4 Å². The van der Waals surface area contributed by atoms with E-state index in [1.807, 2.05) is 0 Å². The molecule has 0 fully saturated rings. The monoisotopic (exact) mass is 847 g/mol. The number of allylic oxidation sites excluding steroid dienone is 16. The van der Waals surface area contributed by atoms with Crippen LogP contribution in [0.3, 0.4) is 0 Å². The van der Waals surface area contributed by atoms with Crippen LogP contribution in [0, 0.1) is 0 Å². The number of hydrogen-bond acceptors (Lipinski definition) is 6. The van der Waals surface area contributed by atoms with Crippen LogP contribution in [0.1, 0.15) is 213 Å². The zero-order valence-electron chi connectivity index (χ0n) is 39.4. The highest BCUT2D eigenvalue weighted by molar-refractivity contribution is 5.71. The van der Waals surface area contributed by atoms with E-state index < -0.39 is 6.10 Å². The van der Waals surface area contributed by atoms with Crippen LogP contribution in [0.25, 0.3) is 0 Å². The number of unbranched alkanes of at least 4 members (excludes halogenated alkanes) is 18. The highest BCUT2D eigenvalue weighted by Crippen LogP contribution is 2.14. The second-order valence-corrected chi connectivity index (χ2v) is 16.0. The summed E-state index contributed by atoms with van der Waals surface area (Å²) in [6.45, 7) is 6.32. The first-order valence-corrected chi connectivity index (χ1v) is 24.8. The summed E-state index contributed by atoms with van der Waals surface area (Å²) < 4.78 is 16.7. The lowest BCUT2D eigenvalue weighted by atomic mass is 10.1. The van der Waals surface area contributed by atoms with Gasteiger partial charge in [0.15, 0.2) is 6.10 Å². The van der Waals surface area contributed by atoms with Crippen molar-refractivity contribution in [2.45, 2.75) is 219 Å². The molecule has 0 bridgehead atoms. The molecule has 61 heavy (non-hydrogen) atoms. The van der Waals surface area contributed by atoms with E-state index >= 15 is 0 Å². The lowest BCUT2D eigenvalue weighted by molar-refractivity contribution is -0.167. The maximum absolute atomic E-state index is 12.8. The fraction of sp³-hybridized carbons (Fsp3) is 0.655. The fourth-order valence-corrected chi connectivity index (χ4v) is 6.47. The summed E-state index contributed by atoms with van der Waals surface area (Å²) >= 11 is 0. The molecule has 0 aromatic heterocycles. The van der Waals surface area contributed by atoms with Crippen LogP contribution in [0.15, 0.2) is 97.2 Å². The van der Waals surface area contributed by atoms with E-state index in [1.54, 1.807) is 0 Å². The average Bonchev–Trinajstić information content (AvgIpc) is 3.26. The molecule has 0 N–H and O–H groups in total. The predicted octanol–water partition coefficient (Wildman–Crippen LogP) is 16.2. The molecule has 0 aromatic rings. The van der Waals surface area contributed by atoms with Gasteiger partial charge in [0.2, 0.25) is 0 Å². The highest BCUT2D eigenvalue weighted by atomic mass is 16.6. The number of carbonyl (C=O) groups is 3. The number of hydrogen-bond donors (Lipinski definition) is 0. The smallest absolute Gasteiger partial charge is 0.306 e. The maximum atomic E-state index is 12.8. The van der Waals surface area contributed by atoms with Crippen molar-refractivity contribution in [2.75, 3.05) is 13.2 Å². The molecule has 0 aliphatic carbocycles. The van der Waals surface area contributed by atoms with Gasteiger partial charge in [0.1, 0.15) is 13.2 Å². The van der Waals surface area contributed by atoms with Crippen LogP contribution in [-0.2, 0) is 28.6 Å². The Labute approximate surface area is 375 Å². The van der Waals surface area contributed by atoms with Crippen molar-refractivity contribution in [1.82, 2.24) is 0 Å². The molecule has 1 unspecified atom stereocenters. The van der Waals surface area contributed by atoms with Crippen molar-refractivity contribution in [1.29, 1.82) is 0 Å². The molecule has 346 valence electrons. The van der Waals surface area contributed by atoms with E-state index in [2.05, 4.69) is 118 Å². The third-order valence-electron chi connectivity index (χ3n) is 10.1. The molecule has 0 saturated heterocycles. The SMILES string of the molecule is CC\C=C/C=C\C=C/CCCCCCCCCC(=O)OC(COC(=O)CCCCC/C=C\C/C=C\C/C=C\C/C=C\C/C=C\CC)COC(=O)CCCCCCCCCCC. The van der Waals surface area contributed by atoms with Gasteiger partial charge in [0.25, 0.3) is 0 Å². The van der Waals surface area contributed by atoms with Crippen LogP contribution in [-0.4, -0.2) is 37.2 Å². The zero-order valence-corrected chi connectivity index (χ0v) is 39.4. The van der Waals surface area contributed by atoms with Crippen molar-refractivity contribution < 1.29 is 28.6 Å². The summed E-state index contributed by atoms with van der Waals surface area (Å²) in [7, 11) is 0.